The first-order valence-electron chi connectivity index (χ1n) is 6.59. The van der Waals surface area contributed by atoms with E-state index in [4.69, 9.17) is 14.2 Å². The van der Waals surface area contributed by atoms with Gasteiger partial charge in [-0.25, -0.2) is 9.59 Å². The molecule has 0 spiro atoms. The standard InChI is InChI=1S/C15H17NO5/c1-19-13-4-2-11(3-5-13)14(17)20-10-21-15(18)12-6-8-16-9-7-12/h2-6,16H,7-10H2,1H3. The molecule has 1 aromatic rings. The summed E-state index contributed by atoms with van der Waals surface area (Å²) in [7, 11) is 1.54. The van der Waals surface area contributed by atoms with Crippen molar-refractivity contribution in [2.45, 2.75) is 6.42 Å². The number of ether oxygens (including phenoxy) is 3. The molecule has 2 rings (SSSR count). The van der Waals surface area contributed by atoms with Crippen LogP contribution >= 0.6 is 0 Å². The van der Waals surface area contributed by atoms with Crippen molar-refractivity contribution in [3.05, 3.63) is 41.5 Å². The summed E-state index contributed by atoms with van der Waals surface area (Å²) < 4.78 is 14.8. The zero-order chi connectivity index (χ0) is 15.1. The maximum Gasteiger partial charge on any atom is 0.341 e. The molecule has 0 aromatic heterocycles. The summed E-state index contributed by atoms with van der Waals surface area (Å²) in [5.74, 6) is -0.348. The molecule has 0 bridgehead atoms. The summed E-state index contributed by atoms with van der Waals surface area (Å²) in [6, 6.07) is 6.47. The van der Waals surface area contributed by atoms with E-state index in [9.17, 15) is 9.59 Å². The first kappa shape index (κ1) is 15.1. The Hall–Kier alpha value is -2.34. The molecule has 1 N–H and O–H groups in total. The Kier molecular flexibility index (Phi) is 5.34. The van der Waals surface area contributed by atoms with E-state index < -0.39 is 18.7 Å². The molecule has 0 radical (unpaired) electrons. The number of rotatable bonds is 5. The molecule has 6 heteroatoms. The van der Waals surface area contributed by atoms with Crippen molar-refractivity contribution in [1.82, 2.24) is 5.32 Å². The number of benzene rings is 1. The van der Waals surface area contributed by atoms with Crippen LogP contribution in [-0.2, 0) is 14.3 Å². The number of carbonyl (C=O) groups is 2. The van der Waals surface area contributed by atoms with Gasteiger partial charge in [-0.1, -0.05) is 6.08 Å². The second-order valence-corrected chi connectivity index (χ2v) is 4.39. The van der Waals surface area contributed by atoms with Crippen LogP contribution in [0.2, 0.25) is 0 Å². The van der Waals surface area contributed by atoms with Gasteiger partial charge in [0.1, 0.15) is 5.75 Å². The molecular formula is C15H17NO5. The van der Waals surface area contributed by atoms with E-state index in [0.29, 0.717) is 29.9 Å². The Morgan fingerprint density at radius 2 is 1.86 bits per heavy atom. The van der Waals surface area contributed by atoms with Crippen LogP contribution < -0.4 is 10.1 Å². The minimum absolute atomic E-state index is 0.368. The van der Waals surface area contributed by atoms with E-state index in [0.717, 1.165) is 6.54 Å². The van der Waals surface area contributed by atoms with Crippen molar-refractivity contribution in [3.63, 3.8) is 0 Å². The Morgan fingerprint density at radius 3 is 2.48 bits per heavy atom. The quantitative estimate of drug-likeness (QED) is 0.650. The van der Waals surface area contributed by atoms with Crippen LogP contribution in [0, 0.1) is 0 Å². The molecule has 112 valence electrons. The Balaban J connectivity index is 1.78. The number of nitrogens with one attached hydrogen (secondary N) is 1. The molecule has 21 heavy (non-hydrogen) atoms. The van der Waals surface area contributed by atoms with Gasteiger partial charge in [-0.3, -0.25) is 0 Å². The van der Waals surface area contributed by atoms with E-state index in [2.05, 4.69) is 5.32 Å². The van der Waals surface area contributed by atoms with Crippen LogP contribution in [0.15, 0.2) is 35.9 Å². The van der Waals surface area contributed by atoms with Gasteiger partial charge < -0.3 is 19.5 Å². The predicted molar refractivity (Wildman–Crippen MR) is 74.9 cm³/mol. The third kappa shape index (κ3) is 4.32. The minimum Gasteiger partial charge on any atom is -0.497 e. The zero-order valence-corrected chi connectivity index (χ0v) is 11.8. The first-order chi connectivity index (χ1) is 10.2. The molecule has 0 saturated heterocycles. The average molecular weight is 291 g/mol. The number of hydrogen-bond acceptors (Lipinski definition) is 6. The minimum atomic E-state index is -0.551. The maximum atomic E-state index is 11.7. The van der Waals surface area contributed by atoms with Gasteiger partial charge in [-0.15, -0.1) is 0 Å². The lowest BCUT2D eigenvalue weighted by Crippen LogP contribution is -2.25. The van der Waals surface area contributed by atoms with Gasteiger partial charge >= 0.3 is 11.9 Å². The van der Waals surface area contributed by atoms with Gasteiger partial charge in [0.25, 0.3) is 0 Å². The summed E-state index contributed by atoms with van der Waals surface area (Å²) in [5.41, 5.74) is 0.974. The van der Waals surface area contributed by atoms with Crippen molar-refractivity contribution in [2.24, 2.45) is 0 Å². The topological polar surface area (TPSA) is 73.9 Å². The van der Waals surface area contributed by atoms with Crippen molar-refractivity contribution in [3.8, 4) is 5.75 Å². The fraction of sp³-hybridized carbons (Fsp3) is 0.333. The highest BCUT2D eigenvalue weighted by molar-refractivity contribution is 5.90. The van der Waals surface area contributed by atoms with Crippen LogP contribution in [0.3, 0.4) is 0 Å². The van der Waals surface area contributed by atoms with E-state index >= 15 is 0 Å². The SMILES string of the molecule is COc1ccc(C(=O)OCOC(=O)C2=CCNCC2)cc1. The molecule has 0 atom stereocenters. The van der Waals surface area contributed by atoms with Gasteiger partial charge in [0, 0.05) is 12.1 Å². The van der Waals surface area contributed by atoms with Crippen molar-refractivity contribution in [2.75, 3.05) is 27.0 Å². The van der Waals surface area contributed by atoms with Gasteiger partial charge in [-0.2, -0.15) is 0 Å². The fourth-order valence-electron chi connectivity index (χ4n) is 1.85. The van der Waals surface area contributed by atoms with Crippen LogP contribution in [0.4, 0.5) is 0 Å². The summed E-state index contributed by atoms with van der Waals surface area (Å²) in [4.78, 5) is 23.4. The van der Waals surface area contributed by atoms with E-state index in [-0.39, 0.29) is 0 Å². The molecule has 0 aliphatic carbocycles. The smallest absolute Gasteiger partial charge is 0.341 e. The fourth-order valence-corrected chi connectivity index (χ4v) is 1.85. The zero-order valence-electron chi connectivity index (χ0n) is 11.8. The number of esters is 2. The lowest BCUT2D eigenvalue weighted by atomic mass is 10.1. The molecule has 0 fully saturated rings. The predicted octanol–water partition coefficient (Wildman–Crippen LogP) is 1.27. The van der Waals surface area contributed by atoms with Crippen LogP contribution in [0.1, 0.15) is 16.8 Å². The van der Waals surface area contributed by atoms with Crippen LogP contribution in [0.25, 0.3) is 0 Å². The lowest BCUT2D eigenvalue weighted by molar-refractivity contribution is -0.147. The number of carbonyl (C=O) groups excluding carboxylic acids is 2. The molecular weight excluding hydrogens is 274 g/mol. The third-order valence-electron chi connectivity index (χ3n) is 3.03. The molecule has 0 amide bonds. The first-order valence-corrected chi connectivity index (χ1v) is 6.59. The average Bonchev–Trinajstić information content (AvgIpc) is 2.55. The Bertz CT molecular complexity index is 535. The molecule has 1 aromatic carbocycles. The van der Waals surface area contributed by atoms with Gasteiger partial charge in [0.05, 0.1) is 12.7 Å². The van der Waals surface area contributed by atoms with E-state index in [1.54, 1.807) is 37.5 Å². The number of methoxy groups -OCH3 is 1. The summed E-state index contributed by atoms with van der Waals surface area (Å²) in [6.45, 7) is 0.997. The second-order valence-electron chi connectivity index (χ2n) is 4.39. The number of hydrogen-bond donors (Lipinski definition) is 1. The molecule has 1 aliphatic rings. The van der Waals surface area contributed by atoms with Crippen molar-refractivity contribution >= 4 is 11.9 Å². The third-order valence-corrected chi connectivity index (χ3v) is 3.03. The molecule has 0 unspecified atom stereocenters. The van der Waals surface area contributed by atoms with Crippen molar-refractivity contribution < 1.29 is 23.8 Å². The van der Waals surface area contributed by atoms with Crippen LogP contribution in [0.5, 0.6) is 5.75 Å². The van der Waals surface area contributed by atoms with E-state index in [1.807, 2.05) is 0 Å². The molecule has 1 heterocycles. The molecule has 6 nitrogen and oxygen atoms in total. The highest BCUT2D eigenvalue weighted by Crippen LogP contribution is 2.12. The highest BCUT2D eigenvalue weighted by Gasteiger charge is 2.14. The summed E-state index contributed by atoms with van der Waals surface area (Å²) in [6.07, 6.45) is 2.39. The molecule has 0 saturated carbocycles. The largest absolute Gasteiger partial charge is 0.497 e. The van der Waals surface area contributed by atoms with Gasteiger partial charge in [0.15, 0.2) is 0 Å². The van der Waals surface area contributed by atoms with Crippen molar-refractivity contribution in [1.29, 1.82) is 0 Å². The van der Waals surface area contributed by atoms with Gasteiger partial charge in [-0.05, 0) is 37.2 Å². The Labute approximate surface area is 122 Å². The maximum absolute atomic E-state index is 11.7. The lowest BCUT2D eigenvalue weighted by Gasteiger charge is -2.13. The normalized spacial score (nSPS) is 14.0. The molecule has 1 aliphatic heterocycles. The van der Waals surface area contributed by atoms with E-state index in [1.165, 1.54) is 0 Å². The monoisotopic (exact) mass is 291 g/mol. The highest BCUT2D eigenvalue weighted by atomic mass is 16.7. The van der Waals surface area contributed by atoms with Gasteiger partial charge in [0.2, 0.25) is 6.79 Å². The second kappa shape index (κ2) is 7.44. The van der Waals surface area contributed by atoms with Crippen LogP contribution in [-0.4, -0.2) is 38.9 Å². The Morgan fingerprint density at radius 1 is 1.14 bits per heavy atom. The summed E-state index contributed by atoms with van der Waals surface area (Å²) in [5, 5.41) is 3.09. The summed E-state index contributed by atoms with van der Waals surface area (Å²) >= 11 is 0.